The third-order valence-corrected chi connectivity index (χ3v) is 1.47. The van der Waals surface area contributed by atoms with Gasteiger partial charge in [-0.25, -0.2) is 0 Å². The van der Waals surface area contributed by atoms with Crippen molar-refractivity contribution < 1.29 is 15.3 Å². The summed E-state index contributed by atoms with van der Waals surface area (Å²) in [6.45, 7) is -0.295. The maximum Gasteiger partial charge on any atom is 0.0664 e. The third kappa shape index (κ3) is 3.96. The van der Waals surface area contributed by atoms with Gasteiger partial charge in [0.15, 0.2) is 0 Å². The quantitative estimate of drug-likeness (QED) is 0.374. The molecule has 0 spiro atoms. The molecule has 60 valence electrons. The van der Waals surface area contributed by atoms with Crippen LogP contribution in [0.3, 0.4) is 0 Å². The lowest BCUT2D eigenvalue weighted by Crippen LogP contribution is -2.04. The molecule has 10 heavy (non-hydrogen) atoms. The van der Waals surface area contributed by atoms with Gasteiger partial charge in [0.25, 0.3) is 0 Å². The Balaban J connectivity index is 3.83. The highest BCUT2D eigenvalue weighted by Crippen LogP contribution is 2.03. The van der Waals surface area contributed by atoms with Crippen LogP contribution in [0.2, 0.25) is 0 Å². The summed E-state index contributed by atoms with van der Waals surface area (Å²) < 4.78 is 0. The highest BCUT2D eigenvalue weighted by atomic mass is 31.0. The molecule has 0 rings (SSSR count). The standard InChI is InChI=1S/C6H13O3P/c7-2-5(3-8)1-6(10)4-9/h1,6-9H,2-4,10H2. The SMILES string of the molecule is OCC(=CC(P)CO)CO. The second kappa shape index (κ2) is 5.81. The Hall–Kier alpha value is 0.0500. The number of aliphatic hydroxyl groups excluding tert-OH is 3. The van der Waals surface area contributed by atoms with Crippen LogP contribution >= 0.6 is 9.24 Å². The molecule has 3 N–H and O–H groups in total. The van der Waals surface area contributed by atoms with Crippen molar-refractivity contribution in [3.63, 3.8) is 0 Å². The summed E-state index contributed by atoms with van der Waals surface area (Å²) in [6, 6.07) is 0. The number of rotatable bonds is 4. The van der Waals surface area contributed by atoms with Crippen molar-refractivity contribution >= 4 is 9.24 Å². The van der Waals surface area contributed by atoms with Gasteiger partial charge in [-0.2, -0.15) is 0 Å². The summed E-state index contributed by atoms with van der Waals surface area (Å²) in [7, 11) is 2.39. The predicted octanol–water partition coefficient (Wildman–Crippen LogP) is -0.867. The van der Waals surface area contributed by atoms with Crippen molar-refractivity contribution in [2.24, 2.45) is 0 Å². The van der Waals surface area contributed by atoms with Gasteiger partial charge in [0, 0.05) is 5.66 Å². The van der Waals surface area contributed by atoms with Crippen molar-refractivity contribution in [1.29, 1.82) is 0 Å². The van der Waals surface area contributed by atoms with Gasteiger partial charge in [-0.1, -0.05) is 6.08 Å². The fourth-order valence-electron chi connectivity index (χ4n) is 0.511. The Morgan fingerprint density at radius 3 is 2.10 bits per heavy atom. The van der Waals surface area contributed by atoms with Crippen molar-refractivity contribution in [3.8, 4) is 0 Å². The zero-order valence-electron chi connectivity index (χ0n) is 5.70. The molecule has 4 heteroatoms. The van der Waals surface area contributed by atoms with E-state index in [9.17, 15) is 0 Å². The van der Waals surface area contributed by atoms with Gasteiger partial charge in [0.2, 0.25) is 0 Å². The van der Waals surface area contributed by atoms with E-state index in [1.165, 1.54) is 0 Å². The minimum Gasteiger partial charge on any atom is -0.395 e. The molecule has 0 bridgehead atoms. The Labute approximate surface area is 62.6 Å². The lowest BCUT2D eigenvalue weighted by atomic mass is 10.2. The Kier molecular flexibility index (Phi) is 5.84. The van der Waals surface area contributed by atoms with E-state index in [2.05, 4.69) is 9.24 Å². The molecule has 0 aromatic carbocycles. The minimum absolute atomic E-state index is 0.00810. The monoisotopic (exact) mass is 164 g/mol. The summed E-state index contributed by atoms with van der Waals surface area (Å²) in [4.78, 5) is 0. The zero-order chi connectivity index (χ0) is 7.98. The third-order valence-electron chi connectivity index (χ3n) is 1.07. The van der Waals surface area contributed by atoms with Crippen LogP contribution in [0.15, 0.2) is 11.6 Å². The second-order valence-electron chi connectivity index (χ2n) is 1.99. The fourth-order valence-corrected chi connectivity index (χ4v) is 0.783. The summed E-state index contributed by atoms with van der Waals surface area (Å²) in [5, 5.41) is 25.6. The van der Waals surface area contributed by atoms with Gasteiger partial charge in [0.1, 0.15) is 0 Å². The largest absolute Gasteiger partial charge is 0.395 e. The van der Waals surface area contributed by atoms with Gasteiger partial charge < -0.3 is 15.3 Å². The summed E-state index contributed by atoms with van der Waals surface area (Å²) >= 11 is 0. The van der Waals surface area contributed by atoms with E-state index in [1.807, 2.05) is 0 Å². The average Bonchev–Trinajstić information content (AvgIpc) is 1.99. The van der Waals surface area contributed by atoms with Gasteiger partial charge >= 0.3 is 0 Å². The molecule has 2 atom stereocenters. The highest BCUT2D eigenvalue weighted by molar-refractivity contribution is 7.18. The molecule has 0 fully saturated rings. The van der Waals surface area contributed by atoms with Crippen LogP contribution in [0.5, 0.6) is 0 Å². The van der Waals surface area contributed by atoms with Crippen molar-refractivity contribution in [1.82, 2.24) is 0 Å². The van der Waals surface area contributed by atoms with E-state index >= 15 is 0 Å². The number of hydrogen-bond donors (Lipinski definition) is 3. The lowest BCUT2D eigenvalue weighted by Gasteiger charge is -2.03. The Morgan fingerprint density at radius 2 is 1.80 bits per heavy atom. The first-order valence-electron chi connectivity index (χ1n) is 3.02. The first-order chi connectivity index (χ1) is 4.74. The minimum atomic E-state index is -0.151. The Morgan fingerprint density at radius 1 is 1.30 bits per heavy atom. The topological polar surface area (TPSA) is 60.7 Å². The second-order valence-corrected chi connectivity index (χ2v) is 2.84. The molecule has 0 aromatic heterocycles. The average molecular weight is 164 g/mol. The van der Waals surface area contributed by atoms with E-state index in [-0.39, 0.29) is 25.5 Å². The normalized spacial score (nSPS) is 12.8. The number of aliphatic hydroxyl groups is 3. The molecular formula is C6H13O3P. The molecule has 0 saturated heterocycles. The molecule has 0 amide bonds. The fraction of sp³-hybridized carbons (Fsp3) is 0.667. The smallest absolute Gasteiger partial charge is 0.0664 e. The lowest BCUT2D eigenvalue weighted by molar-refractivity contribution is 0.273. The van der Waals surface area contributed by atoms with Crippen LogP contribution in [0, 0.1) is 0 Å². The van der Waals surface area contributed by atoms with E-state index in [0.29, 0.717) is 5.57 Å². The summed E-state index contributed by atoms with van der Waals surface area (Å²) in [5.74, 6) is 0. The van der Waals surface area contributed by atoms with Crippen LogP contribution in [0.4, 0.5) is 0 Å². The molecule has 0 saturated carbocycles. The molecule has 0 aliphatic carbocycles. The molecule has 0 aromatic rings. The van der Waals surface area contributed by atoms with E-state index < -0.39 is 0 Å². The predicted molar refractivity (Wildman–Crippen MR) is 42.8 cm³/mol. The Bertz CT molecular complexity index is 108. The van der Waals surface area contributed by atoms with Crippen molar-refractivity contribution in [2.75, 3.05) is 19.8 Å². The molecule has 0 radical (unpaired) electrons. The van der Waals surface area contributed by atoms with Crippen LogP contribution < -0.4 is 0 Å². The molecule has 2 unspecified atom stereocenters. The molecule has 0 aliphatic heterocycles. The van der Waals surface area contributed by atoms with Crippen LogP contribution in [0.1, 0.15) is 0 Å². The maximum absolute atomic E-state index is 8.55. The first-order valence-corrected chi connectivity index (χ1v) is 3.69. The van der Waals surface area contributed by atoms with Crippen LogP contribution in [-0.2, 0) is 0 Å². The van der Waals surface area contributed by atoms with Crippen molar-refractivity contribution in [3.05, 3.63) is 11.6 Å². The summed E-state index contributed by atoms with van der Waals surface area (Å²) in [6.07, 6.45) is 1.63. The molecule has 0 aliphatic rings. The van der Waals surface area contributed by atoms with E-state index in [0.717, 1.165) is 0 Å². The molecule has 3 nitrogen and oxygen atoms in total. The van der Waals surface area contributed by atoms with Gasteiger partial charge in [-0.3, -0.25) is 0 Å². The van der Waals surface area contributed by atoms with Crippen LogP contribution in [0.25, 0.3) is 0 Å². The highest BCUT2D eigenvalue weighted by Gasteiger charge is 1.97. The van der Waals surface area contributed by atoms with Gasteiger partial charge in [0.05, 0.1) is 19.8 Å². The van der Waals surface area contributed by atoms with Crippen molar-refractivity contribution in [2.45, 2.75) is 5.66 Å². The van der Waals surface area contributed by atoms with E-state index in [1.54, 1.807) is 6.08 Å². The molecule has 0 heterocycles. The first kappa shape index (κ1) is 10.0. The molecular weight excluding hydrogens is 151 g/mol. The van der Waals surface area contributed by atoms with Gasteiger partial charge in [-0.05, 0) is 5.57 Å². The van der Waals surface area contributed by atoms with Gasteiger partial charge in [-0.15, -0.1) is 9.24 Å². The maximum atomic E-state index is 8.55. The number of hydrogen-bond acceptors (Lipinski definition) is 3. The van der Waals surface area contributed by atoms with Crippen LogP contribution in [-0.4, -0.2) is 40.8 Å². The van der Waals surface area contributed by atoms with E-state index in [4.69, 9.17) is 15.3 Å². The summed E-state index contributed by atoms with van der Waals surface area (Å²) in [5.41, 5.74) is 0.461. The zero-order valence-corrected chi connectivity index (χ0v) is 6.85.